The normalized spacial score (nSPS) is 18.5. The number of hydrogen-bond donors (Lipinski definition) is 1. The SMILES string of the molecule is O=C(COc1ccc(C2SCCCS2)cc1)NCC1(c2ccc(F)cc2)CC1. The smallest absolute Gasteiger partial charge is 0.257 e. The molecule has 1 saturated heterocycles. The summed E-state index contributed by atoms with van der Waals surface area (Å²) in [6.45, 7) is 0.571. The third-order valence-electron chi connectivity index (χ3n) is 5.28. The molecule has 1 amide bonds. The molecule has 148 valence electrons. The molecule has 28 heavy (non-hydrogen) atoms. The van der Waals surface area contributed by atoms with Gasteiger partial charge in [0.25, 0.3) is 5.91 Å². The third-order valence-corrected chi connectivity index (χ3v) is 8.30. The van der Waals surface area contributed by atoms with Gasteiger partial charge >= 0.3 is 0 Å². The van der Waals surface area contributed by atoms with Gasteiger partial charge in [0, 0.05) is 12.0 Å². The molecule has 1 aliphatic heterocycles. The highest BCUT2D eigenvalue weighted by Crippen LogP contribution is 2.47. The summed E-state index contributed by atoms with van der Waals surface area (Å²) in [6, 6.07) is 14.7. The van der Waals surface area contributed by atoms with E-state index in [-0.39, 0.29) is 23.7 Å². The molecule has 0 bridgehead atoms. The summed E-state index contributed by atoms with van der Waals surface area (Å²) in [5.74, 6) is 2.79. The van der Waals surface area contributed by atoms with Crippen molar-refractivity contribution in [2.75, 3.05) is 24.7 Å². The number of amides is 1. The van der Waals surface area contributed by atoms with E-state index >= 15 is 0 Å². The molecular weight excluding hydrogens is 393 g/mol. The summed E-state index contributed by atoms with van der Waals surface area (Å²) in [6.07, 6.45) is 3.31. The van der Waals surface area contributed by atoms with Crippen molar-refractivity contribution in [1.82, 2.24) is 5.32 Å². The molecule has 2 aromatic rings. The van der Waals surface area contributed by atoms with Gasteiger partial charge in [0.15, 0.2) is 6.61 Å². The van der Waals surface area contributed by atoms with Gasteiger partial charge in [-0.25, -0.2) is 4.39 Å². The van der Waals surface area contributed by atoms with E-state index in [9.17, 15) is 9.18 Å². The number of thioether (sulfide) groups is 2. The molecule has 1 N–H and O–H groups in total. The third kappa shape index (κ3) is 4.84. The highest BCUT2D eigenvalue weighted by atomic mass is 32.2. The summed E-state index contributed by atoms with van der Waals surface area (Å²) in [4.78, 5) is 12.2. The van der Waals surface area contributed by atoms with E-state index in [2.05, 4.69) is 17.4 Å². The van der Waals surface area contributed by atoms with Gasteiger partial charge in [-0.2, -0.15) is 0 Å². The predicted molar refractivity (Wildman–Crippen MR) is 115 cm³/mol. The molecular formula is C22H24FNO2S2. The molecule has 3 nitrogen and oxygen atoms in total. The Balaban J connectivity index is 1.24. The van der Waals surface area contributed by atoms with Gasteiger partial charge in [-0.15, -0.1) is 23.5 Å². The van der Waals surface area contributed by atoms with Crippen LogP contribution in [0, 0.1) is 5.82 Å². The van der Waals surface area contributed by atoms with Gasteiger partial charge in [-0.1, -0.05) is 24.3 Å². The van der Waals surface area contributed by atoms with Crippen LogP contribution in [-0.4, -0.2) is 30.6 Å². The summed E-state index contributed by atoms with van der Waals surface area (Å²) in [5, 5.41) is 2.97. The fourth-order valence-corrected chi connectivity index (χ4v) is 6.29. The maximum atomic E-state index is 13.1. The van der Waals surface area contributed by atoms with Gasteiger partial charge < -0.3 is 10.1 Å². The number of benzene rings is 2. The van der Waals surface area contributed by atoms with E-state index in [4.69, 9.17) is 4.74 Å². The average molecular weight is 418 g/mol. The number of halogens is 1. The van der Waals surface area contributed by atoms with Crippen molar-refractivity contribution in [3.05, 3.63) is 65.5 Å². The van der Waals surface area contributed by atoms with Gasteiger partial charge in [0.2, 0.25) is 0 Å². The van der Waals surface area contributed by atoms with Crippen molar-refractivity contribution in [3.63, 3.8) is 0 Å². The Morgan fingerprint density at radius 1 is 1.07 bits per heavy atom. The van der Waals surface area contributed by atoms with Crippen LogP contribution in [0.5, 0.6) is 5.75 Å². The summed E-state index contributed by atoms with van der Waals surface area (Å²) in [5.41, 5.74) is 2.35. The van der Waals surface area contributed by atoms with E-state index in [0.717, 1.165) is 18.4 Å². The van der Waals surface area contributed by atoms with Crippen LogP contribution >= 0.6 is 23.5 Å². The first-order valence-corrected chi connectivity index (χ1v) is 11.7. The van der Waals surface area contributed by atoms with Crippen LogP contribution in [0.15, 0.2) is 48.5 Å². The number of carbonyl (C=O) groups excluding carboxylic acids is 1. The number of hydrogen-bond acceptors (Lipinski definition) is 4. The van der Waals surface area contributed by atoms with E-state index < -0.39 is 0 Å². The van der Waals surface area contributed by atoms with Crippen molar-refractivity contribution in [2.24, 2.45) is 0 Å². The van der Waals surface area contributed by atoms with Crippen LogP contribution in [0.3, 0.4) is 0 Å². The molecule has 0 aromatic heterocycles. The lowest BCUT2D eigenvalue weighted by atomic mass is 9.96. The zero-order valence-corrected chi connectivity index (χ0v) is 17.3. The zero-order chi connectivity index (χ0) is 19.4. The maximum absolute atomic E-state index is 13.1. The second-order valence-corrected chi connectivity index (χ2v) is 10.1. The first kappa shape index (κ1) is 19.6. The van der Waals surface area contributed by atoms with E-state index in [0.29, 0.717) is 16.9 Å². The maximum Gasteiger partial charge on any atom is 0.257 e. The van der Waals surface area contributed by atoms with E-state index in [1.165, 1.54) is 35.6 Å². The predicted octanol–water partition coefficient (Wildman–Crippen LogP) is 4.92. The minimum absolute atomic E-state index is 0.00573. The molecule has 2 fully saturated rings. The molecule has 0 atom stereocenters. The number of nitrogens with one attached hydrogen (secondary N) is 1. The Kier molecular flexibility index (Phi) is 6.16. The van der Waals surface area contributed by atoms with Crippen molar-refractivity contribution in [1.29, 1.82) is 0 Å². The lowest BCUT2D eigenvalue weighted by molar-refractivity contribution is -0.123. The Hall–Kier alpha value is -1.66. The number of ether oxygens (including phenoxy) is 1. The van der Waals surface area contributed by atoms with Crippen LogP contribution in [0.4, 0.5) is 4.39 Å². The first-order valence-electron chi connectivity index (χ1n) is 9.63. The second kappa shape index (κ2) is 8.78. The van der Waals surface area contributed by atoms with Crippen LogP contribution in [-0.2, 0) is 10.2 Å². The molecule has 0 spiro atoms. The van der Waals surface area contributed by atoms with Crippen LogP contribution in [0.1, 0.15) is 35.0 Å². The largest absolute Gasteiger partial charge is 0.484 e. The number of carbonyl (C=O) groups is 1. The van der Waals surface area contributed by atoms with E-state index in [1.54, 1.807) is 0 Å². The lowest BCUT2D eigenvalue weighted by Crippen LogP contribution is -2.35. The van der Waals surface area contributed by atoms with Crippen molar-refractivity contribution in [3.8, 4) is 5.75 Å². The highest BCUT2D eigenvalue weighted by Gasteiger charge is 2.44. The van der Waals surface area contributed by atoms with Gasteiger partial charge in [0.05, 0.1) is 4.58 Å². The molecule has 1 heterocycles. The molecule has 1 saturated carbocycles. The molecule has 2 aliphatic rings. The molecule has 1 aliphatic carbocycles. The molecule has 0 radical (unpaired) electrons. The quantitative estimate of drug-likeness (QED) is 0.694. The Labute approximate surface area is 173 Å². The van der Waals surface area contributed by atoms with Gasteiger partial charge in [0.1, 0.15) is 11.6 Å². The Morgan fingerprint density at radius 2 is 1.75 bits per heavy atom. The monoisotopic (exact) mass is 417 g/mol. The van der Waals surface area contributed by atoms with Crippen LogP contribution in [0.25, 0.3) is 0 Å². The highest BCUT2D eigenvalue weighted by molar-refractivity contribution is 8.16. The first-order chi connectivity index (χ1) is 13.6. The van der Waals surface area contributed by atoms with Gasteiger partial charge in [-0.3, -0.25) is 4.79 Å². The minimum atomic E-state index is -0.233. The molecule has 6 heteroatoms. The minimum Gasteiger partial charge on any atom is -0.484 e. The Bertz CT molecular complexity index is 800. The van der Waals surface area contributed by atoms with E-state index in [1.807, 2.05) is 47.8 Å². The molecule has 4 rings (SSSR count). The molecule has 2 aromatic carbocycles. The zero-order valence-electron chi connectivity index (χ0n) is 15.7. The van der Waals surface area contributed by atoms with Crippen molar-refractivity contribution >= 4 is 29.4 Å². The molecule has 0 unspecified atom stereocenters. The van der Waals surface area contributed by atoms with Gasteiger partial charge in [-0.05, 0) is 66.2 Å². The topological polar surface area (TPSA) is 38.3 Å². The van der Waals surface area contributed by atoms with Crippen LogP contribution < -0.4 is 10.1 Å². The van der Waals surface area contributed by atoms with Crippen molar-refractivity contribution < 1.29 is 13.9 Å². The Morgan fingerprint density at radius 3 is 2.39 bits per heavy atom. The van der Waals surface area contributed by atoms with Crippen LogP contribution in [0.2, 0.25) is 0 Å². The summed E-state index contributed by atoms with van der Waals surface area (Å²) < 4.78 is 19.3. The fraction of sp³-hybridized carbons (Fsp3) is 0.409. The average Bonchev–Trinajstić information content (AvgIpc) is 3.53. The second-order valence-electron chi connectivity index (χ2n) is 7.35. The number of rotatable bonds is 7. The lowest BCUT2D eigenvalue weighted by Gasteiger charge is -2.21. The summed E-state index contributed by atoms with van der Waals surface area (Å²) in [7, 11) is 0. The standard InChI is InChI=1S/C22H24FNO2S2/c23-18-6-4-17(5-7-18)22(10-11-22)15-24-20(25)14-26-19-8-2-16(3-9-19)21-27-12-1-13-28-21/h2-9,21H,1,10-15H2,(H,24,25). The summed E-state index contributed by atoms with van der Waals surface area (Å²) >= 11 is 3.98. The van der Waals surface area contributed by atoms with Crippen molar-refractivity contribution in [2.45, 2.75) is 29.3 Å². The fourth-order valence-electron chi connectivity index (χ4n) is 3.39.